The van der Waals surface area contributed by atoms with Crippen molar-refractivity contribution in [2.45, 2.75) is 20.3 Å². The van der Waals surface area contributed by atoms with Gasteiger partial charge in [0.05, 0.1) is 11.7 Å². The van der Waals surface area contributed by atoms with Crippen LogP contribution in [0.4, 0.5) is 0 Å². The van der Waals surface area contributed by atoms with E-state index >= 15 is 0 Å². The van der Waals surface area contributed by atoms with Gasteiger partial charge < -0.3 is 4.18 Å². The maximum atomic E-state index is 10.9. The van der Waals surface area contributed by atoms with E-state index in [0.29, 0.717) is 12.3 Å². The molecule has 1 heterocycles. The van der Waals surface area contributed by atoms with Crippen molar-refractivity contribution in [3.05, 3.63) is 0 Å². The molecule has 0 amide bonds. The summed E-state index contributed by atoms with van der Waals surface area (Å²) < 4.78 is 25.8. The molecule has 0 aromatic rings. The van der Waals surface area contributed by atoms with Crippen LogP contribution in [0.2, 0.25) is 0 Å². The minimum absolute atomic E-state index is 0.149. The van der Waals surface area contributed by atoms with Crippen molar-refractivity contribution in [1.82, 2.24) is 0 Å². The summed E-state index contributed by atoms with van der Waals surface area (Å²) in [4.78, 5) is 10.9. The molecule has 0 saturated carbocycles. The molecule has 4 nitrogen and oxygen atoms in total. The van der Waals surface area contributed by atoms with Crippen LogP contribution < -0.4 is 0 Å². The van der Waals surface area contributed by atoms with Crippen LogP contribution in [0.1, 0.15) is 20.3 Å². The molecule has 12 heavy (non-hydrogen) atoms. The van der Waals surface area contributed by atoms with Crippen LogP contribution in [0.15, 0.2) is 0 Å². The van der Waals surface area contributed by atoms with Gasteiger partial charge in [-0.25, -0.2) is 0 Å². The topological polar surface area (TPSA) is 60.4 Å². The van der Waals surface area contributed by atoms with Gasteiger partial charge in [-0.15, -0.1) is 0 Å². The van der Waals surface area contributed by atoms with Crippen molar-refractivity contribution in [1.29, 1.82) is 0 Å². The molecule has 0 bridgehead atoms. The first-order valence-electron chi connectivity index (χ1n) is 3.87. The number of carbonyl (C=O) groups is 1. The molecule has 0 N–H and O–H groups in total. The highest BCUT2D eigenvalue weighted by Gasteiger charge is 2.38. The quantitative estimate of drug-likeness (QED) is 0.599. The maximum Gasteiger partial charge on any atom is 0.326 e. The van der Waals surface area contributed by atoms with E-state index < -0.39 is 22.0 Å². The van der Waals surface area contributed by atoms with Gasteiger partial charge in [-0.3, -0.25) is 4.79 Å². The fraction of sp³-hybridized carbons (Fsp3) is 0.857. The van der Waals surface area contributed by atoms with Crippen LogP contribution in [0.25, 0.3) is 0 Å². The second-order valence-electron chi connectivity index (χ2n) is 3.45. The third kappa shape index (κ3) is 2.20. The molecule has 70 valence electrons. The predicted octanol–water partition coefficient (Wildman–Crippen LogP) is 0.535. The van der Waals surface area contributed by atoms with E-state index in [4.69, 9.17) is 0 Å². The normalized spacial score (nSPS) is 27.6. The first-order chi connectivity index (χ1) is 5.41. The van der Waals surface area contributed by atoms with E-state index in [9.17, 15) is 13.2 Å². The molecule has 1 fully saturated rings. The summed E-state index contributed by atoms with van der Waals surface area (Å²) in [5, 5.41) is 0. The van der Waals surface area contributed by atoms with Crippen LogP contribution in [0.3, 0.4) is 0 Å². The maximum absolute atomic E-state index is 10.9. The molecule has 1 aliphatic heterocycles. The summed E-state index contributed by atoms with van der Waals surface area (Å²) in [5.41, 5.74) is 0. The van der Waals surface area contributed by atoms with Crippen molar-refractivity contribution >= 4 is 16.1 Å². The van der Waals surface area contributed by atoms with E-state index in [0.717, 1.165) is 0 Å². The summed E-state index contributed by atoms with van der Waals surface area (Å²) in [6.07, 6.45) is 0.581. The van der Waals surface area contributed by atoms with Crippen molar-refractivity contribution in [3.8, 4) is 0 Å². The fourth-order valence-electron chi connectivity index (χ4n) is 1.27. The van der Waals surface area contributed by atoms with Gasteiger partial charge in [0.25, 0.3) is 0 Å². The van der Waals surface area contributed by atoms with E-state index in [1.807, 2.05) is 13.8 Å². The molecule has 1 rings (SSSR count). The Balaban J connectivity index is 2.65. The van der Waals surface area contributed by atoms with Gasteiger partial charge in [0.2, 0.25) is 0 Å². The Labute approximate surface area is 72.0 Å². The van der Waals surface area contributed by atoms with Crippen molar-refractivity contribution < 1.29 is 17.4 Å². The minimum atomic E-state index is -3.54. The zero-order valence-corrected chi connectivity index (χ0v) is 7.93. The average molecular weight is 192 g/mol. The lowest BCUT2D eigenvalue weighted by Crippen LogP contribution is -2.12. The second kappa shape index (κ2) is 3.05. The van der Waals surface area contributed by atoms with E-state index in [1.54, 1.807) is 0 Å². The lowest BCUT2D eigenvalue weighted by Gasteiger charge is -2.05. The first kappa shape index (κ1) is 9.51. The Bertz CT molecular complexity index is 278. The van der Waals surface area contributed by atoms with Crippen LogP contribution in [-0.2, 0) is 19.1 Å². The Morgan fingerprint density at radius 3 is 2.50 bits per heavy atom. The first-order valence-corrected chi connectivity index (χ1v) is 5.44. The molecular weight excluding hydrogens is 180 g/mol. The number of carbonyl (C=O) groups excluding carboxylic acids is 1. The highest BCUT2D eigenvalue weighted by molar-refractivity contribution is 7.87. The number of hydrogen-bond acceptors (Lipinski definition) is 4. The summed E-state index contributed by atoms with van der Waals surface area (Å²) >= 11 is 0. The zero-order chi connectivity index (χ0) is 9.35. The second-order valence-corrected chi connectivity index (χ2v) is 5.07. The molecule has 1 aliphatic rings. The van der Waals surface area contributed by atoms with Gasteiger partial charge in [0.1, 0.15) is 0 Å². The van der Waals surface area contributed by atoms with Gasteiger partial charge in [-0.1, -0.05) is 13.8 Å². The van der Waals surface area contributed by atoms with E-state index in [2.05, 4.69) is 4.18 Å². The highest BCUT2D eigenvalue weighted by atomic mass is 32.2. The van der Waals surface area contributed by atoms with Crippen molar-refractivity contribution in [2.75, 3.05) is 5.75 Å². The Hall–Kier alpha value is -0.580. The smallest absolute Gasteiger partial charge is 0.326 e. The van der Waals surface area contributed by atoms with Gasteiger partial charge in [0, 0.05) is 0 Å². The lowest BCUT2D eigenvalue weighted by atomic mass is 9.99. The van der Waals surface area contributed by atoms with Crippen molar-refractivity contribution in [3.63, 3.8) is 0 Å². The summed E-state index contributed by atoms with van der Waals surface area (Å²) in [7, 11) is -3.54. The minimum Gasteiger partial charge on any atom is -0.345 e. The molecule has 0 spiro atoms. The predicted molar refractivity (Wildman–Crippen MR) is 42.8 cm³/mol. The average Bonchev–Trinajstić information content (AvgIpc) is 2.03. The molecule has 1 saturated heterocycles. The lowest BCUT2D eigenvalue weighted by molar-refractivity contribution is -0.136. The van der Waals surface area contributed by atoms with Crippen LogP contribution in [0, 0.1) is 11.8 Å². The Morgan fingerprint density at radius 1 is 1.58 bits per heavy atom. The van der Waals surface area contributed by atoms with Gasteiger partial charge >= 0.3 is 16.1 Å². The van der Waals surface area contributed by atoms with Crippen LogP contribution in [0.5, 0.6) is 0 Å². The fourth-order valence-corrected chi connectivity index (χ4v) is 2.49. The zero-order valence-electron chi connectivity index (χ0n) is 7.11. The van der Waals surface area contributed by atoms with E-state index in [1.165, 1.54) is 0 Å². The van der Waals surface area contributed by atoms with Crippen LogP contribution in [-0.4, -0.2) is 20.1 Å². The van der Waals surface area contributed by atoms with Gasteiger partial charge in [-0.2, -0.15) is 8.42 Å². The summed E-state index contributed by atoms with van der Waals surface area (Å²) in [6, 6.07) is 0. The van der Waals surface area contributed by atoms with E-state index in [-0.39, 0.29) is 5.75 Å². The number of rotatable bonds is 2. The number of hydrogen-bond donors (Lipinski definition) is 0. The standard InChI is InChI=1S/C7H12O4S/c1-5(2)3-6-4-12(9,10)11-7(6)8/h5-6H,3-4H2,1-2H3. The highest BCUT2D eigenvalue weighted by Crippen LogP contribution is 2.22. The Kier molecular flexibility index (Phi) is 2.41. The SMILES string of the molecule is CC(C)CC1CS(=O)(=O)OC1=O. The third-order valence-corrected chi connectivity index (χ3v) is 2.93. The molecule has 1 unspecified atom stereocenters. The third-order valence-electron chi connectivity index (χ3n) is 1.70. The molecule has 0 radical (unpaired) electrons. The molecule has 5 heteroatoms. The van der Waals surface area contributed by atoms with Crippen molar-refractivity contribution in [2.24, 2.45) is 11.8 Å². The summed E-state index contributed by atoms with van der Waals surface area (Å²) in [5.74, 6) is -0.876. The van der Waals surface area contributed by atoms with Crippen LogP contribution >= 0.6 is 0 Å². The largest absolute Gasteiger partial charge is 0.345 e. The van der Waals surface area contributed by atoms with Gasteiger partial charge in [0.15, 0.2) is 0 Å². The molecule has 1 atom stereocenters. The molecule has 0 aliphatic carbocycles. The summed E-state index contributed by atoms with van der Waals surface area (Å²) in [6.45, 7) is 3.89. The molecule has 0 aromatic carbocycles. The molecule has 0 aromatic heterocycles. The molecular formula is C7H12O4S. The Morgan fingerprint density at radius 2 is 2.17 bits per heavy atom. The monoisotopic (exact) mass is 192 g/mol. The van der Waals surface area contributed by atoms with Gasteiger partial charge in [-0.05, 0) is 12.3 Å².